The van der Waals surface area contributed by atoms with Crippen LogP contribution in [0.1, 0.15) is 57.8 Å². The summed E-state index contributed by atoms with van der Waals surface area (Å²) in [6, 6.07) is 0.753. The Balaban J connectivity index is 1.85. The Morgan fingerprint density at radius 2 is 1.39 bits per heavy atom. The number of hydrogen-bond donors (Lipinski definition) is 1. The van der Waals surface area contributed by atoms with Crippen molar-refractivity contribution in [1.82, 2.24) is 10.4 Å². The summed E-state index contributed by atoms with van der Waals surface area (Å²) >= 11 is 0. The van der Waals surface area contributed by atoms with Crippen molar-refractivity contribution in [1.29, 1.82) is 0 Å². The minimum Gasteiger partial charge on any atom is -0.255 e. The predicted molar refractivity (Wildman–Crippen MR) is 78.3 cm³/mol. The first-order valence-electron chi connectivity index (χ1n) is 7.77. The number of hydrogen-bond acceptors (Lipinski definition) is 2. The van der Waals surface area contributed by atoms with Crippen LogP contribution in [0.2, 0.25) is 0 Å². The quantitative estimate of drug-likeness (QED) is 0.710. The lowest BCUT2D eigenvalue weighted by Gasteiger charge is -2.32. The van der Waals surface area contributed by atoms with Crippen LogP contribution in [0.5, 0.6) is 0 Å². The van der Waals surface area contributed by atoms with Crippen molar-refractivity contribution in [3.63, 3.8) is 0 Å². The third kappa shape index (κ3) is 4.95. The van der Waals surface area contributed by atoms with Crippen LogP contribution in [-0.2, 0) is 0 Å². The van der Waals surface area contributed by atoms with E-state index in [-0.39, 0.29) is 0 Å². The van der Waals surface area contributed by atoms with Crippen molar-refractivity contribution in [2.75, 3.05) is 13.1 Å². The lowest BCUT2D eigenvalue weighted by atomic mass is 10.0. The molecule has 0 saturated heterocycles. The van der Waals surface area contributed by atoms with Crippen LogP contribution in [0.3, 0.4) is 0 Å². The van der Waals surface area contributed by atoms with Crippen LogP contribution in [0.15, 0.2) is 24.3 Å². The molecule has 0 bridgehead atoms. The second-order valence-electron chi connectivity index (χ2n) is 5.49. The Kier molecular flexibility index (Phi) is 6.52. The van der Waals surface area contributed by atoms with Gasteiger partial charge in [0.2, 0.25) is 0 Å². The van der Waals surface area contributed by atoms with E-state index >= 15 is 0 Å². The minimum atomic E-state index is 0.753. The van der Waals surface area contributed by atoms with Gasteiger partial charge in [-0.2, -0.15) is 0 Å². The van der Waals surface area contributed by atoms with E-state index in [4.69, 9.17) is 0 Å². The highest BCUT2D eigenvalue weighted by molar-refractivity contribution is 4.87. The first-order chi connectivity index (χ1) is 8.97. The van der Waals surface area contributed by atoms with E-state index < -0.39 is 0 Å². The van der Waals surface area contributed by atoms with Gasteiger partial charge in [0.1, 0.15) is 0 Å². The largest absolute Gasteiger partial charge is 0.255 e. The molecule has 0 aromatic carbocycles. The molecule has 2 nitrogen and oxygen atoms in total. The van der Waals surface area contributed by atoms with Gasteiger partial charge in [0.05, 0.1) is 0 Å². The Labute approximate surface area is 112 Å². The smallest absolute Gasteiger partial charge is 0.0243 e. The van der Waals surface area contributed by atoms with Crippen molar-refractivity contribution >= 4 is 0 Å². The molecule has 2 rings (SSSR count). The summed E-state index contributed by atoms with van der Waals surface area (Å²) in [5.41, 5.74) is 3.66. The molecule has 0 fully saturated rings. The summed E-state index contributed by atoms with van der Waals surface area (Å²) in [4.78, 5) is 0. The van der Waals surface area contributed by atoms with Gasteiger partial charge in [-0.05, 0) is 57.8 Å². The Morgan fingerprint density at radius 3 is 2.11 bits per heavy atom. The highest BCUT2D eigenvalue weighted by atomic mass is 15.5. The standard InChI is InChI=1S/C16H28N2/c1-2-5-9-13-16(12-8-4-1)18-15-11-7-3-6-10-14-17-18/h1-3,6,16-17H,4-5,7-15H2/b2-1?,6-3-. The van der Waals surface area contributed by atoms with E-state index in [1.54, 1.807) is 0 Å². The molecule has 0 atom stereocenters. The zero-order chi connectivity index (χ0) is 12.5. The maximum atomic E-state index is 3.66. The van der Waals surface area contributed by atoms with Crippen molar-refractivity contribution in [2.24, 2.45) is 0 Å². The average Bonchev–Trinajstić information content (AvgIpc) is 2.61. The zero-order valence-corrected chi connectivity index (χ0v) is 11.6. The first kappa shape index (κ1) is 13.8. The number of rotatable bonds is 1. The normalized spacial score (nSPS) is 27.3. The van der Waals surface area contributed by atoms with Gasteiger partial charge in [-0.15, -0.1) is 0 Å². The molecule has 0 spiro atoms. The molecule has 102 valence electrons. The topological polar surface area (TPSA) is 15.3 Å². The molecule has 1 aliphatic carbocycles. The molecule has 1 aliphatic heterocycles. The van der Waals surface area contributed by atoms with E-state index in [9.17, 15) is 0 Å². The predicted octanol–water partition coefficient (Wildman–Crippen LogP) is 3.81. The molecule has 2 aliphatic rings. The molecular formula is C16H28N2. The van der Waals surface area contributed by atoms with Crippen LogP contribution in [0.25, 0.3) is 0 Å². The minimum absolute atomic E-state index is 0.753. The molecule has 2 heteroatoms. The highest BCUT2D eigenvalue weighted by Crippen LogP contribution is 2.18. The van der Waals surface area contributed by atoms with Gasteiger partial charge in [-0.1, -0.05) is 24.3 Å². The van der Waals surface area contributed by atoms with Gasteiger partial charge in [0.25, 0.3) is 0 Å². The van der Waals surface area contributed by atoms with Crippen molar-refractivity contribution < 1.29 is 0 Å². The molecular weight excluding hydrogens is 220 g/mol. The second kappa shape index (κ2) is 8.49. The summed E-state index contributed by atoms with van der Waals surface area (Å²) in [5.74, 6) is 0. The van der Waals surface area contributed by atoms with E-state index in [1.807, 2.05) is 0 Å². The van der Waals surface area contributed by atoms with Crippen LogP contribution in [0.4, 0.5) is 0 Å². The highest BCUT2D eigenvalue weighted by Gasteiger charge is 2.17. The van der Waals surface area contributed by atoms with Crippen LogP contribution < -0.4 is 5.43 Å². The third-order valence-corrected chi connectivity index (χ3v) is 3.99. The molecule has 1 heterocycles. The SMILES string of the molecule is C1=CCCCC(N2CCC/C=C\CCN2)CCC1. The molecule has 1 N–H and O–H groups in total. The summed E-state index contributed by atoms with van der Waals surface area (Å²) in [6.07, 6.45) is 21.1. The van der Waals surface area contributed by atoms with E-state index in [1.165, 1.54) is 64.3 Å². The van der Waals surface area contributed by atoms with Gasteiger partial charge >= 0.3 is 0 Å². The maximum Gasteiger partial charge on any atom is 0.0243 e. The van der Waals surface area contributed by atoms with Gasteiger partial charge in [0.15, 0.2) is 0 Å². The first-order valence-corrected chi connectivity index (χ1v) is 7.77. The molecule has 0 radical (unpaired) electrons. The zero-order valence-electron chi connectivity index (χ0n) is 11.6. The molecule has 18 heavy (non-hydrogen) atoms. The second-order valence-corrected chi connectivity index (χ2v) is 5.49. The number of allylic oxidation sites excluding steroid dienone is 3. The van der Waals surface area contributed by atoms with E-state index in [2.05, 4.69) is 34.7 Å². The summed E-state index contributed by atoms with van der Waals surface area (Å²) in [6.45, 7) is 2.31. The number of hydrazine groups is 1. The van der Waals surface area contributed by atoms with Gasteiger partial charge in [0, 0.05) is 19.1 Å². The van der Waals surface area contributed by atoms with Gasteiger partial charge < -0.3 is 0 Å². The summed E-state index contributed by atoms with van der Waals surface area (Å²) < 4.78 is 0. The van der Waals surface area contributed by atoms with E-state index in [0.29, 0.717) is 0 Å². The molecule has 0 unspecified atom stereocenters. The Morgan fingerprint density at radius 1 is 0.778 bits per heavy atom. The molecule has 0 aromatic rings. The lowest BCUT2D eigenvalue weighted by molar-refractivity contribution is 0.108. The van der Waals surface area contributed by atoms with Gasteiger partial charge in [-0.3, -0.25) is 5.43 Å². The third-order valence-electron chi connectivity index (χ3n) is 3.99. The van der Waals surface area contributed by atoms with Crippen LogP contribution >= 0.6 is 0 Å². The van der Waals surface area contributed by atoms with Crippen molar-refractivity contribution in [3.8, 4) is 0 Å². The average molecular weight is 248 g/mol. The Hall–Kier alpha value is -0.600. The number of nitrogens with zero attached hydrogens (tertiary/aromatic N) is 1. The van der Waals surface area contributed by atoms with Crippen LogP contribution in [-0.4, -0.2) is 24.1 Å². The van der Waals surface area contributed by atoms with Gasteiger partial charge in [-0.25, -0.2) is 5.01 Å². The Bertz CT molecular complexity index is 218. The fourth-order valence-electron chi connectivity index (χ4n) is 2.93. The maximum absolute atomic E-state index is 3.66. The lowest BCUT2D eigenvalue weighted by Crippen LogP contribution is -2.46. The summed E-state index contributed by atoms with van der Waals surface area (Å²) in [5, 5.41) is 2.55. The van der Waals surface area contributed by atoms with Crippen LogP contribution in [0, 0.1) is 0 Å². The van der Waals surface area contributed by atoms with E-state index in [0.717, 1.165) is 12.6 Å². The van der Waals surface area contributed by atoms with Crippen molar-refractivity contribution in [3.05, 3.63) is 24.3 Å². The number of nitrogens with one attached hydrogen (secondary N) is 1. The molecule has 0 aromatic heterocycles. The fourth-order valence-corrected chi connectivity index (χ4v) is 2.93. The molecule has 0 saturated carbocycles. The fraction of sp³-hybridized carbons (Fsp3) is 0.750. The molecule has 0 amide bonds. The summed E-state index contributed by atoms with van der Waals surface area (Å²) in [7, 11) is 0. The monoisotopic (exact) mass is 248 g/mol. The van der Waals surface area contributed by atoms with Crippen molar-refractivity contribution in [2.45, 2.75) is 63.8 Å².